The SMILES string of the molecule is Cc1ccc(C)c(C#Cc2ccc(C#Cc3cc(C)cc(C#Cc4ccc(C#Cc5cc(C)ccc5C)cc4)c3C)cc2)c1. The number of aryl methyl sites for hydroxylation is 5. The smallest absolute Gasteiger partial charge is 0.0293 e. The Labute approximate surface area is 263 Å². The van der Waals surface area contributed by atoms with Gasteiger partial charge in [0.15, 0.2) is 0 Å². The fourth-order valence-electron chi connectivity index (χ4n) is 4.69. The molecule has 0 aliphatic carbocycles. The summed E-state index contributed by atoms with van der Waals surface area (Å²) >= 11 is 0. The van der Waals surface area contributed by atoms with Crippen molar-refractivity contribution in [3.05, 3.63) is 175 Å². The van der Waals surface area contributed by atoms with Gasteiger partial charge >= 0.3 is 0 Å². The van der Waals surface area contributed by atoms with Crippen molar-refractivity contribution in [3.8, 4) is 47.4 Å². The Bertz CT molecular complexity index is 1950. The molecule has 0 unspecified atom stereocenters. The van der Waals surface area contributed by atoms with E-state index in [0.29, 0.717) is 0 Å². The molecule has 5 rings (SSSR count). The van der Waals surface area contributed by atoms with Gasteiger partial charge in [0, 0.05) is 44.5 Å². The Hall–Kier alpha value is -5.66. The van der Waals surface area contributed by atoms with Crippen LogP contribution in [-0.4, -0.2) is 0 Å². The standard InChI is InChI=1S/C44H34/c1-31-7-9-34(4)41(27-31)23-19-37-11-15-39(16-12-37)21-25-43-29-33(3)30-44(36(43)6)26-22-40-17-13-38(14-18-40)20-24-42-28-32(2)8-10-35(42)5/h7-18,27-30H,1-6H3. The van der Waals surface area contributed by atoms with E-state index in [0.717, 1.165) is 55.6 Å². The molecule has 0 nitrogen and oxygen atoms in total. The van der Waals surface area contributed by atoms with E-state index < -0.39 is 0 Å². The second-order valence-electron chi connectivity index (χ2n) is 11.3. The van der Waals surface area contributed by atoms with E-state index in [9.17, 15) is 0 Å². The van der Waals surface area contributed by atoms with E-state index in [1.54, 1.807) is 0 Å². The molecule has 0 spiro atoms. The summed E-state index contributed by atoms with van der Waals surface area (Å²) in [5, 5.41) is 0. The zero-order valence-electron chi connectivity index (χ0n) is 26.2. The Balaban J connectivity index is 1.31. The molecule has 0 saturated carbocycles. The van der Waals surface area contributed by atoms with Gasteiger partial charge in [0.1, 0.15) is 0 Å². The second-order valence-corrected chi connectivity index (χ2v) is 11.3. The van der Waals surface area contributed by atoms with Crippen molar-refractivity contribution < 1.29 is 0 Å². The van der Waals surface area contributed by atoms with Gasteiger partial charge in [-0.3, -0.25) is 0 Å². The van der Waals surface area contributed by atoms with Crippen LogP contribution >= 0.6 is 0 Å². The van der Waals surface area contributed by atoms with Crippen molar-refractivity contribution >= 4 is 0 Å². The van der Waals surface area contributed by atoms with Crippen molar-refractivity contribution in [2.24, 2.45) is 0 Å². The Morgan fingerprint density at radius 3 is 0.932 bits per heavy atom. The van der Waals surface area contributed by atoms with Crippen LogP contribution in [0.4, 0.5) is 0 Å². The van der Waals surface area contributed by atoms with E-state index in [-0.39, 0.29) is 0 Å². The van der Waals surface area contributed by atoms with Gasteiger partial charge in [-0.15, -0.1) is 0 Å². The van der Waals surface area contributed by atoms with Crippen molar-refractivity contribution in [1.82, 2.24) is 0 Å². The van der Waals surface area contributed by atoms with Gasteiger partial charge in [-0.25, -0.2) is 0 Å². The zero-order valence-corrected chi connectivity index (χ0v) is 26.2. The monoisotopic (exact) mass is 562 g/mol. The molecule has 0 heterocycles. The van der Waals surface area contributed by atoms with Crippen molar-refractivity contribution in [2.45, 2.75) is 41.5 Å². The fraction of sp³-hybridized carbons (Fsp3) is 0.136. The maximum absolute atomic E-state index is 3.37. The average molecular weight is 563 g/mol. The summed E-state index contributed by atoms with van der Waals surface area (Å²) in [6, 6.07) is 33.2. The minimum absolute atomic E-state index is 0.955. The highest BCUT2D eigenvalue weighted by Gasteiger charge is 2.03. The fourth-order valence-corrected chi connectivity index (χ4v) is 4.69. The molecule has 0 heteroatoms. The van der Waals surface area contributed by atoms with Crippen LogP contribution in [0.3, 0.4) is 0 Å². The molecule has 0 amide bonds. The molecular weight excluding hydrogens is 528 g/mol. The number of rotatable bonds is 0. The summed E-state index contributed by atoms with van der Waals surface area (Å²) in [5.74, 6) is 26.6. The molecule has 5 aromatic carbocycles. The van der Waals surface area contributed by atoms with E-state index in [1.165, 1.54) is 22.3 Å². The highest BCUT2D eigenvalue weighted by atomic mass is 14.1. The van der Waals surface area contributed by atoms with E-state index in [2.05, 4.69) is 137 Å². The summed E-state index contributed by atoms with van der Waals surface area (Å²) in [6.45, 7) is 12.5. The quantitative estimate of drug-likeness (QED) is 0.165. The number of hydrogen-bond donors (Lipinski definition) is 0. The number of hydrogen-bond acceptors (Lipinski definition) is 0. The average Bonchev–Trinajstić information content (AvgIpc) is 3.02. The Morgan fingerprint density at radius 2 is 0.591 bits per heavy atom. The van der Waals surface area contributed by atoms with Crippen molar-refractivity contribution in [1.29, 1.82) is 0 Å². The van der Waals surface area contributed by atoms with E-state index in [4.69, 9.17) is 0 Å². The largest absolute Gasteiger partial charge is 0.0616 e. The van der Waals surface area contributed by atoms with Gasteiger partial charge in [0.2, 0.25) is 0 Å². The molecule has 0 aliphatic rings. The molecule has 0 atom stereocenters. The molecule has 5 aromatic rings. The first-order valence-electron chi connectivity index (χ1n) is 14.8. The van der Waals surface area contributed by atoms with Crippen LogP contribution in [-0.2, 0) is 0 Å². The first-order valence-corrected chi connectivity index (χ1v) is 14.8. The summed E-state index contributed by atoms with van der Waals surface area (Å²) in [5.41, 5.74) is 15.0. The predicted molar refractivity (Wildman–Crippen MR) is 185 cm³/mol. The van der Waals surface area contributed by atoms with Crippen LogP contribution in [0, 0.1) is 88.9 Å². The highest BCUT2D eigenvalue weighted by molar-refractivity contribution is 5.57. The predicted octanol–water partition coefficient (Wildman–Crippen LogP) is 9.14. The molecule has 0 N–H and O–H groups in total. The maximum Gasteiger partial charge on any atom is 0.0293 e. The summed E-state index contributed by atoms with van der Waals surface area (Å²) in [7, 11) is 0. The molecule has 44 heavy (non-hydrogen) atoms. The third-order valence-corrected chi connectivity index (χ3v) is 7.47. The van der Waals surface area contributed by atoms with E-state index >= 15 is 0 Å². The summed E-state index contributed by atoms with van der Waals surface area (Å²) in [4.78, 5) is 0. The van der Waals surface area contributed by atoms with Crippen molar-refractivity contribution in [3.63, 3.8) is 0 Å². The molecule has 0 bridgehead atoms. The molecule has 210 valence electrons. The van der Waals surface area contributed by atoms with E-state index in [1.807, 2.05) is 48.5 Å². The van der Waals surface area contributed by atoms with Gasteiger partial charge in [-0.05, 0) is 148 Å². The topological polar surface area (TPSA) is 0 Å². The third-order valence-electron chi connectivity index (χ3n) is 7.47. The van der Waals surface area contributed by atoms with Crippen LogP contribution < -0.4 is 0 Å². The van der Waals surface area contributed by atoms with Crippen LogP contribution in [0.15, 0.2) is 97.1 Å². The van der Waals surface area contributed by atoms with Gasteiger partial charge in [-0.2, -0.15) is 0 Å². The second kappa shape index (κ2) is 13.5. The molecule has 0 radical (unpaired) electrons. The lowest BCUT2D eigenvalue weighted by molar-refractivity contribution is 1.34. The normalized spacial score (nSPS) is 9.77. The lowest BCUT2D eigenvalue weighted by atomic mass is 9.99. The lowest BCUT2D eigenvalue weighted by Crippen LogP contribution is -1.91. The zero-order chi connectivity index (χ0) is 31.1. The Kier molecular flexibility index (Phi) is 9.18. The summed E-state index contributed by atoms with van der Waals surface area (Å²) < 4.78 is 0. The third kappa shape index (κ3) is 7.79. The summed E-state index contributed by atoms with van der Waals surface area (Å²) in [6.07, 6.45) is 0. The van der Waals surface area contributed by atoms with Gasteiger partial charge in [0.25, 0.3) is 0 Å². The number of benzene rings is 5. The Morgan fingerprint density at radius 1 is 0.295 bits per heavy atom. The molecule has 0 fully saturated rings. The van der Waals surface area contributed by atoms with Crippen LogP contribution in [0.1, 0.15) is 77.9 Å². The van der Waals surface area contributed by atoms with Crippen LogP contribution in [0.5, 0.6) is 0 Å². The molecular formula is C44H34. The lowest BCUT2D eigenvalue weighted by Gasteiger charge is -2.04. The van der Waals surface area contributed by atoms with Gasteiger partial charge < -0.3 is 0 Å². The minimum Gasteiger partial charge on any atom is -0.0616 e. The molecule has 0 saturated heterocycles. The van der Waals surface area contributed by atoms with Crippen molar-refractivity contribution in [2.75, 3.05) is 0 Å². The first-order chi connectivity index (χ1) is 21.2. The minimum atomic E-state index is 0.955. The highest BCUT2D eigenvalue weighted by Crippen LogP contribution is 2.17. The van der Waals surface area contributed by atoms with Gasteiger partial charge in [-0.1, -0.05) is 71.6 Å². The molecule has 0 aliphatic heterocycles. The molecule has 0 aromatic heterocycles. The van der Waals surface area contributed by atoms with Crippen LogP contribution in [0.2, 0.25) is 0 Å². The first kappa shape index (κ1) is 29.8. The maximum atomic E-state index is 3.37. The van der Waals surface area contributed by atoms with Crippen LogP contribution in [0.25, 0.3) is 0 Å². The van der Waals surface area contributed by atoms with Gasteiger partial charge in [0.05, 0.1) is 0 Å².